The lowest BCUT2D eigenvalue weighted by Crippen LogP contribution is -2.17. The SMILES string of the molecule is C/C=N\NC(=O)c1cc(OC)c(OC)c(OC)c1. The minimum atomic E-state index is -0.354. The van der Waals surface area contributed by atoms with Gasteiger partial charge < -0.3 is 14.2 Å². The van der Waals surface area contributed by atoms with Gasteiger partial charge in [0.05, 0.1) is 21.3 Å². The lowest BCUT2D eigenvalue weighted by Gasteiger charge is -2.13. The molecule has 1 amide bonds. The Hall–Kier alpha value is -2.24. The summed E-state index contributed by atoms with van der Waals surface area (Å²) >= 11 is 0. The number of ether oxygens (including phenoxy) is 3. The molecule has 1 rings (SSSR count). The van der Waals surface area contributed by atoms with Crippen molar-refractivity contribution >= 4 is 12.1 Å². The van der Waals surface area contributed by atoms with Crippen molar-refractivity contribution in [2.75, 3.05) is 21.3 Å². The highest BCUT2D eigenvalue weighted by Gasteiger charge is 2.16. The van der Waals surface area contributed by atoms with Crippen LogP contribution in [0.25, 0.3) is 0 Å². The molecule has 1 aromatic rings. The van der Waals surface area contributed by atoms with Crippen molar-refractivity contribution in [3.05, 3.63) is 17.7 Å². The quantitative estimate of drug-likeness (QED) is 0.636. The molecule has 0 radical (unpaired) electrons. The van der Waals surface area contributed by atoms with E-state index in [9.17, 15) is 4.79 Å². The third-order valence-corrected chi connectivity index (χ3v) is 2.22. The first-order valence-electron chi connectivity index (χ1n) is 5.26. The molecule has 0 aliphatic carbocycles. The summed E-state index contributed by atoms with van der Waals surface area (Å²) in [6.07, 6.45) is 1.48. The molecule has 0 aromatic heterocycles. The van der Waals surface area contributed by atoms with E-state index in [4.69, 9.17) is 14.2 Å². The molecule has 0 saturated heterocycles. The van der Waals surface area contributed by atoms with Crippen LogP contribution in [0.2, 0.25) is 0 Å². The van der Waals surface area contributed by atoms with Gasteiger partial charge in [-0.25, -0.2) is 5.43 Å². The van der Waals surface area contributed by atoms with Gasteiger partial charge in [-0.2, -0.15) is 5.10 Å². The summed E-state index contributed by atoms with van der Waals surface area (Å²) in [6.45, 7) is 1.70. The Morgan fingerprint density at radius 1 is 1.17 bits per heavy atom. The van der Waals surface area contributed by atoms with E-state index >= 15 is 0 Å². The Balaban J connectivity index is 3.18. The van der Waals surface area contributed by atoms with Crippen LogP contribution in [-0.2, 0) is 0 Å². The highest BCUT2D eigenvalue weighted by atomic mass is 16.5. The van der Waals surface area contributed by atoms with Crippen molar-refractivity contribution in [2.45, 2.75) is 6.92 Å². The predicted octanol–water partition coefficient (Wildman–Crippen LogP) is 1.45. The summed E-state index contributed by atoms with van der Waals surface area (Å²) in [5, 5.41) is 3.66. The van der Waals surface area contributed by atoms with Gasteiger partial charge in [-0.3, -0.25) is 4.79 Å². The van der Waals surface area contributed by atoms with E-state index in [1.165, 1.54) is 27.5 Å². The zero-order valence-electron chi connectivity index (χ0n) is 10.8. The second kappa shape index (κ2) is 6.48. The topological polar surface area (TPSA) is 69.2 Å². The molecule has 0 unspecified atom stereocenters. The van der Waals surface area contributed by atoms with Gasteiger partial charge in [-0.1, -0.05) is 0 Å². The minimum Gasteiger partial charge on any atom is -0.493 e. The van der Waals surface area contributed by atoms with Crippen LogP contribution in [-0.4, -0.2) is 33.5 Å². The van der Waals surface area contributed by atoms with Gasteiger partial charge in [0.1, 0.15) is 0 Å². The third-order valence-electron chi connectivity index (χ3n) is 2.22. The standard InChI is InChI=1S/C12H16N2O4/c1-5-13-14-12(15)8-6-9(16-2)11(18-4)10(7-8)17-3/h5-7H,1-4H3,(H,14,15)/b13-5-. The number of amides is 1. The monoisotopic (exact) mass is 252 g/mol. The molecular formula is C12H16N2O4. The van der Waals surface area contributed by atoms with Crippen LogP contribution in [0, 0.1) is 0 Å². The smallest absolute Gasteiger partial charge is 0.271 e. The van der Waals surface area contributed by atoms with Gasteiger partial charge >= 0.3 is 0 Å². The summed E-state index contributed by atoms with van der Waals surface area (Å²) in [5.41, 5.74) is 2.74. The average Bonchev–Trinajstić information content (AvgIpc) is 2.42. The van der Waals surface area contributed by atoms with Gasteiger partial charge in [0, 0.05) is 11.8 Å². The van der Waals surface area contributed by atoms with Gasteiger partial charge in [0.15, 0.2) is 11.5 Å². The zero-order valence-corrected chi connectivity index (χ0v) is 10.8. The van der Waals surface area contributed by atoms with Crippen molar-refractivity contribution < 1.29 is 19.0 Å². The fourth-order valence-corrected chi connectivity index (χ4v) is 1.40. The summed E-state index contributed by atoms with van der Waals surface area (Å²) < 4.78 is 15.5. The summed E-state index contributed by atoms with van der Waals surface area (Å²) in [4.78, 5) is 11.8. The number of nitrogens with zero attached hydrogens (tertiary/aromatic N) is 1. The molecule has 0 aliphatic heterocycles. The zero-order chi connectivity index (χ0) is 13.5. The molecular weight excluding hydrogens is 236 g/mol. The van der Waals surface area contributed by atoms with Gasteiger partial charge in [-0.05, 0) is 19.1 Å². The van der Waals surface area contributed by atoms with Crippen LogP contribution in [0.15, 0.2) is 17.2 Å². The number of nitrogens with one attached hydrogen (secondary N) is 1. The summed E-state index contributed by atoms with van der Waals surface area (Å²) in [6, 6.07) is 3.11. The second-order valence-electron chi connectivity index (χ2n) is 3.24. The van der Waals surface area contributed by atoms with E-state index in [0.717, 1.165) is 0 Å². The highest BCUT2D eigenvalue weighted by Crippen LogP contribution is 2.38. The maximum Gasteiger partial charge on any atom is 0.271 e. The molecule has 98 valence electrons. The number of hydrogen-bond acceptors (Lipinski definition) is 5. The normalized spacial score (nSPS) is 10.2. The largest absolute Gasteiger partial charge is 0.493 e. The second-order valence-corrected chi connectivity index (χ2v) is 3.24. The molecule has 18 heavy (non-hydrogen) atoms. The fraction of sp³-hybridized carbons (Fsp3) is 0.333. The number of carbonyl (C=O) groups is 1. The number of hydrogen-bond donors (Lipinski definition) is 1. The van der Waals surface area contributed by atoms with E-state index in [0.29, 0.717) is 22.8 Å². The van der Waals surface area contributed by atoms with Gasteiger partial charge in [0.2, 0.25) is 5.75 Å². The van der Waals surface area contributed by atoms with Gasteiger partial charge in [-0.15, -0.1) is 0 Å². The molecule has 0 heterocycles. The third kappa shape index (κ3) is 2.91. The number of carbonyl (C=O) groups excluding carboxylic acids is 1. The summed E-state index contributed by atoms with van der Waals surface area (Å²) in [7, 11) is 4.48. The fourth-order valence-electron chi connectivity index (χ4n) is 1.40. The lowest BCUT2D eigenvalue weighted by atomic mass is 10.1. The van der Waals surface area contributed by atoms with E-state index in [1.54, 1.807) is 19.1 Å². The highest BCUT2D eigenvalue weighted by molar-refractivity contribution is 5.95. The first-order chi connectivity index (χ1) is 8.67. The van der Waals surface area contributed by atoms with Crippen LogP contribution < -0.4 is 19.6 Å². The van der Waals surface area contributed by atoms with E-state index in [1.807, 2.05) is 0 Å². The van der Waals surface area contributed by atoms with Crippen LogP contribution in [0.1, 0.15) is 17.3 Å². The molecule has 0 fully saturated rings. The van der Waals surface area contributed by atoms with E-state index in [2.05, 4.69) is 10.5 Å². The first kappa shape index (κ1) is 13.8. The van der Waals surface area contributed by atoms with Crippen LogP contribution >= 0.6 is 0 Å². The maximum absolute atomic E-state index is 11.8. The maximum atomic E-state index is 11.8. The van der Waals surface area contributed by atoms with Crippen molar-refractivity contribution in [2.24, 2.45) is 5.10 Å². The predicted molar refractivity (Wildman–Crippen MR) is 67.7 cm³/mol. The Morgan fingerprint density at radius 3 is 2.11 bits per heavy atom. The number of methoxy groups -OCH3 is 3. The lowest BCUT2D eigenvalue weighted by molar-refractivity contribution is 0.0954. The first-order valence-corrected chi connectivity index (χ1v) is 5.26. The van der Waals surface area contributed by atoms with Crippen LogP contribution in [0.4, 0.5) is 0 Å². The molecule has 1 N–H and O–H groups in total. The Morgan fingerprint density at radius 2 is 1.72 bits per heavy atom. The number of rotatable bonds is 5. The van der Waals surface area contributed by atoms with Crippen molar-refractivity contribution in [3.63, 3.8) is 0 Å². The Labute approximate surface area is 106 Å². The summed E-state index contributed by atoms with van der Waals surface area (Å²) in [5.74, 6) is 0.924. The Kier molecular flexibility index (Phi) is 4.98. The number of benzene rings is 1. The van der Waals surface area contributed by atoms with E-state index in [-0.39, 0.29) is 5.91 Å². The molecule has 0 spiro atoms. The van der Waals surface area contributed by atoms with Crippen LogP contribution in [0.5, 0.6) is 17.2 Å². The molecule has 0 aliphatic rings. The van der Waals surface area contributed by atoms with Crippen LogP contribution in [0.3, 0.4) is 0 Å². The van der Waals surface area contributed by atoms with Crippen molar-refractivity contribution in [3.8, 4) is 17.2 Å². The van der Waals surface area contributed by atoms with Crippen molar-refractivity contribution in [1.29, 1.82) is 0 Å². The Bertz CT molecular complexity index is 432. The molecule has 0 atom stereocenters. The molecule has 0 bridgehead atoms. The number of hydrazone groups is 1. The average molecular weight is 252 g/mol. The molecule has 6 heteroatoms. The molecule has 0 saturated carbocycles. The van der Waals surface area contributed by atoms with Gasteiger partial charge in [0.25, 0.3) is 5.91 Å². The minimum absolute atomic E-state index is 0.354. The molecule has 1 aromatic carbocycles. The molecule has 6 nitrogen and oxygen atoms in total. The van der Waals surface area contributed by atoms with Crippen molar-refractivity contribution in [1.82, 2.24) is 5.43 Å². The van der Waals surface area contributed by atoms with E-state index < -0.39 is 0 Å².